The summed E-state index contributed by atoms with van der Waals surface area (Å²) in [4.78, 5) is 30.7. The lowest BCUT2D eigenvalue weighted by molar-refractivity contribution is -0.117. The van der Waals surface area contributed by atoms with Crippen molar-refractivity contribution in [2.45, 2.75) is 25.3 Å². The lowest BCUT2D eigenvalue weighted by Gasteiger charge is -2.17. The molecule has 1 fully saturated rings. The van der Waals surface area contributed by atoms with E-state index in [1.54, 1.807) is 11.0 Å². The van der Waals surface area contributed by atoms with Gasteiger partial charge < -0.3 is 5.32 Å². The second kappa shape index (κ2) is 8.53. The van der Waals surface area contributed by atoms with Crippen LogP contribution in [0.1, 0.15) is 31.0 Å². The highest BCUT2D eigenvalue weighted by molar-refractivity contribution is 9.10. The van der Waals surface area contributed by atoms with E-state index in [0.29, 0.717) is 10.8 Å². The minimum atomic E-state index is -0.270. The molecule has 1 aromatic heterocycles. The van der Waals surface area contributed by atoms with Gasteiger partial charge >= 0.3 is 0 Å². The number of benzene rings is 2. The SMILES string of the molecule is CC(=O)N(c1ccccc1)c1nc(/C=C/C(=O)NC2(c3ccc(Br)cc3)CC2)cs1. The van der Waals surface area contributed by atoms with E-state index in [1.165, 1.54) is 24.3 Å². The lowest BCUT2D eigenvalue weighted by Crippen LogP contribution is -2.33. The average Bonchev–Trinajstić information content (AvgIpc) is 3.36. The van der Waals surface area contributed by atoms with Gasteiger partial charge in [-0.15, -0.1) is 11.3 Å². The lowest BCUT2D eigenvalue weighted by atomic mass is 10.1. The maximum Gasteiger partial charge on any atom is 0.244 e. The molecule has 0 aliphatic heterocycles. The molecule has 4 rings (SSSR count). The zero-order valence-corrected chi connectivity index (χ0v) is 18.7. The number of thiazole rings is 1. The Balaban J connectivity index is 1.45. The van der Waals surface area contributed by atoms with E-state index in [-0.39, 0.29) is 17.4 Å². The minimum absolute atomic E-state index is 0.117. The summed E-state index contributed by atoms with van der Waals surface area (Å²) in [5.41, 5.74) is 2.25. The average molecular weight is 482 g/mol. The first-order valence-corrected chi connectivity index (χ1v) is 11.2. The number of para-hydroxylation sites is 1. The van der Waals surface area contributed by atoms with Crippen LogP contribution in [0.5, 0.6) is 0 Å². The fourth-order valence-corrected chi connectivity index (χ4v) is 4.40. The first kappa shape index (κ1) is 20.5. The number of carbonyl (C=O) groups excluding carboxylic acids is 2. The topological polar surface area (TPSA) is 62.3 Å². The summed E-state index contributed by atoms with van der Waals surface area (Å²) >= 11 is 4.80. The van der Waals surface area contributed by atoms with Crippen molar-refractivity contribution in [1.29, 1.82) is 0 Å². The summed E-state index contributed by atoms with van der Waals surface area (Å²) in [5, 5.41) is 5.52. The highest BCUT2D eigenvalue weighted by Crippen LogP contribution is 2.45. The van der Waals surface area contributed by atoms with Crippen LogP contribution in [0.15, 0.2) is 70.5 Å². The molecule has 152 valence electrons. The number of carbonyl (C=O) groups is 2. The van der Waals surface area contributed by atoms with Gasteiger partial charge in [-0.05, 0) is 48.7 Å². The van der Waals surface area contributed by atoms with Crippen LogP contribution in [0.25, 0.3) is 6.08 Å². The third kappa shape index (κ3) is 4.52. The summed E-state index contributed by atoms with van der Waals surface area (Å²) in [5.74, 6) is -0.273. The fraction of sp³-hybridized carbons (Fsp3) is 0.174. The Morgan fingerprint density at radius 1 is 1.13 bits per heavy atom. The molecule has 1 N–H and O–H groups in total. The molecule has 2 aromatic carbocycles. The molecule has 2 amide bonds. The molecule has 0 saturated heterocycles. The number of anilines is 2. The number of amides is 2. The predicted octanol–water partition coefficient (Wildman–Crippen LogP) is 5.41. The van der Waals surface area contributed by atoms with Gasteiger partial charge in [-0.3, -0.25) is 14.5 Å². The summed E-state index contributed by atoms with van der Waals surface area (Å²) < 4.78 is 1.02. The number of hydrogen-bond acceptors (Lipinski definition) is 4. The van der Waals surface area contributed by atoms with Gasteiger partial charge in [0, 0.05) is 22.9 Å². The molecule has 0 bridgehead atoms. The number of hydrogen-bond donors (Lipinski definition) is 1. The zero-order chi connectivity index (χ0) is 21.1. The summed E-state index contributed by atoms with van der Waals surface area (Å²) in [7, 11) is 0. The van der Waals surface area contributed by atoms with Crippen molar-refractivity contribution in [1.82, 2.24) is 10.3 Å². The largest absolute Gasteiger partial charge is 0.343 e. The van der Waals surface area contributed by atoms with E-state index >= 15 is 0 Å². The molecular formula is C23H20BrN3O2S. The van der Waals surface area contributed by atoms with Crippen LogP contribution in [0.4, 0.5) is 10.8 Å². The van der Waals surface area contributed by atoms with Gasteiger partial charge in [-0.2, -0.15) is 0 Å². The highest BCUT2D eigenvalue weighted by Gasteiger charge is 2.45. The van der Waals surface area contributed by atoms with Crippen LogP contribution < -0.4 is 10.2 Å². The van der Waals surface area contributed by atoms with Crippen molar-refractivity contribution in [2.75, 3.05) is 4.90 Å². The van der Waals surface area contributed by atoms with Crippen LogP contribution in [0, 0.1) is 0 Å². The molecule has 0 spiro atoms. The van der Waals surface area contributed by atoms with E-state index in [2.05, 4.69) is 26.2 Å². The number of rotatable bonds is 6. The standard InChI is InChI=1S/C23H20BrN3O2S/c1-16(28)27(20-5-3-2-4-6-20)22-25-19(15-30-22)11-12-21(29)26-23(13-14-23)17-7-9-18(24)10-8-17/h2-12,15H,13-14H2,1H3,(H,26,29)/b12-11+. The molecule has 30 heavy (non-hydrogen) atoms. The van der Waals surface area contributed by atoms with Gasteiger partial charge in [0.25, 0.3) is 0 Å². The van der Waals surface area contributed by atoms with E-state index in [4.69, 9.17) is 0 Å². The monoisotopic (exact) mass is 481 g/mol. The van der Waals surface area contributed by atoms with Gasteiger partial charge in [0.1, 0.15) is 0 Å². The van der Waals surface area contributed by atoms with Crippen LogP contribution in [-0.2, 0) is 15.1 Å². The maximum atomic E-state index is 12.5. The van der Waals surface area contributed by atoms with Crippen molar-refractivity contribution >= 4 is 56.0 Å². The highest BCUT2D eigenvalue weighted by atomic mass is 79.9. The Labute approximate surface area is 187 Å². The van der Waals surface area contributed by atoms with Crippen LogP contribution >= 0.6 is 27.3 Å². The van der Waals surface area contributed by atoms with Gasteiger partial charge in [0.05, 0.1) is 16.9 Å². The Morgan fingerprint density at radius 3 is 2.47 bits per heavy atom. The Morgan fingerprint density at radius 2 is 1.83 bits per heavy atom. The molecule has 1 heterocycles. The molecule has 1 aliphatic rings. The molecule has 5 nitrogen and oxygen atoms in total. The van der Waals surface area contributed by atoms with E-state index in [0.717, 1.165) is 28.6 Å². The molecule has 7 heteroatoms. The Hall–Kier alpha value is -2.77. The molecule has 3 aromatic rings. The molecule has 1 saturated carbocycles. The third-order valence-corrected chi connectivity index (χ3v) is 6.32. The van der Waals surface area contributed by atoms with Crippen LogP contribution in [0.2, 0.25) is 0 Å². The number of halogens is 1. The van der Waals surface area contributed by atoms with Gasteiger partial charge in [-0.1, -0.05) is 46.3 Å². The van der Waals surface area contributed by atoms with Crippen molar-refractivity contribution in [3.8, 4) is 0 Å². The van der Waals surface area contributed by atoms with E-state index in [9.17, 15) is 9.59 Å². The van der Waals surface area contributed by atoms with E-state index < -0.39 is 0 Å². The van der Waals surface area contributed by atoms with Gasteiger partial charge in [0.2, 0.25) is 11.8 Å². The van der Waals surface area contributed by atoms with Crippen molar-refractivity contribution in [2.24, 2.45) is 0 Å². The van der Waals surface area contributed by atoms with Crippen molar-refractivity contribution < 1.29 is 9.59 Å². The summed E-state index contributed by atoms with van der Waals surface area (Å²) in [6, 6.07) is 17.4. The molecular weight excluding hydrogens is 462 g/mol. The van der Waals surface area contributed by atoms with Crippen LogP contribution in [-0.4, -0.2) is 16.8 Å². The van der Waals surface area contributed by atoms with Crippen LogP contribution in [0.3, 0.4) is 0 Å². The van der Waals surface area contributed by atoms with Gasteiger partial charge in [0.15, 0.2) is 5.13 Å². The summed E-state index contributed by atoms with van der Waals surface area (Å²) in [6.45, 7) is 1.51. The maximum absolute atomic E-state index is 12.5. The zero-order valence-electron chi connectivity index (χ0n) is 16.3. The smallest absolute Gasteiger partial charge is 0.244 e. The van der Waals surface area contributed by atoms with Crippen molar-refractivity contribution in [3.63, 3.8) is 0 Å². The fourth-order valence-electron chi connectivity index (χ4n) is 3.28. The molecule has 0 atom stereocenters. The number of nitrogens with one attached hydrogen (secondary N) is 1. The minimum Gasteiger partial charge on any atom is -0.343 e. The first-order valence-electron chi connectivity index (χ1n) is 9.54. The summed E-state index contributed by atoms with van der Waals surface area (Å²) in [6.07, 6.45) is 5.04. The quantitative estimate of drug-likeness (QED) is 0.478. The molecule has 0 unspecified atom stereocenters. The first-order chi connectivity index (χ1) is 14.5. The Bertz CT molecular complexity index is 1090. The normalized spacial score (nSPS) is 14.5. The third-order valence-electron chi connectivity index (χ3n) is 4.95. The molecule has 0 radical (unpaired) electrons. The van der Waals surface area contributed by atoms with E-state index in [1.807, 2.05) is 60.0 Å². The number of nitrogens with zero attached hydrogens (tertiary/aromatic N) is 2. The Kier molecular flexibility index (Phi) is 5.83. The number of aromatic nitrogens is 1. The van der Waals surface area contributed by atoms with Crippen molar-refractivity contribution in [3.05, 3.63) is 81.8 Å². The molecule has 1 aliphatic carbocycles. The predicted molar refractivity (Wildman–Crippen MR) is 124 cm³/mol. The van der Waals surface area contributed by atoms with Gasteiger partial charge in [-0.25, -0.2) is 4.98 Å². The second-order valence-corrected chi connectivity index (χ2v) is 8.91. The second-order valence-electron chi connectivity index (χ2n) is 7.16.